The molecule has 0 aliphatic rings. The molecular weight excluding hydrogens is 200 g/mol. The predicted molar refractivity (Wildman–Crippen MR) is 64.2 cm³/mol. The molecule has 2 heterocycles. The van der Waals surface area contributed by atoms with E-state index in [0.29, 0.717) is 0 Å². The van der Waals surface area contributed by atoms with Gasteiger partial charge >= 0.3 is 0 Å². The number of hydrogen-bond acceptors (Lipinski definition) is 3. The second-order valence-corrected chi connectivity index (χ2v) is 3.96. The first-order chi connectivity index (χ1) is 7.65. The van der Waals surface area contributed by atoms with Gasteiger partial charge in [0, 0.05) is 31.7 Å². The van der Waals surface area contributed by atoms with Crippen molar-refractivity contribution >= 4 is 5.69 Å². The zero-order chi connectivity index (χ0) is 11.5. The van der Waals surface area contributed by atoms with Crippen LogP contribution in [0.2, 0.25) is 0 Å². The highest BCUT2D eigenvalue weighted by Gasteiger charge is 2.01. The van der Waals surface area contributed by atoms with Gasteiger partial charge in [-0.05, 0) is 25.5 Å². The van der Waals surface area contributed by atoms with Crippen molar-refractivity contribution in [2.24, 2.45) is 7.05 Å². The van der Waals surface area contributed by atoms with Crippen LogP contribution in [0.15, 0.2) is 24.5 Å². The lowest BCUT2D eigenvalue weighted by molar-refractivity contribution is 0.756. The lowest BCUT2D eigenvalue weighted by Gasteiger charge is -2.04. The smallest absolute Gasteiger partial charge is 0.0825 e. The molecule has 0 fully saturated rings. The van der Waals surface area contributed by atoms with Crippen molar-refractivity contribution in [1.82, 2.24) is 14.8 Å². The largest absolute Gasteiger partial charge is 0.378 e. The Bertz CT molecular complexity index is 470. The fourth-order valence-corrected chi connectivity index (χ4v) is 1.57. The summed E-state index contributed by atoms with van der Waals surface area (Å²) in [5.74, 6) is 0. The first kappa shape index (κ1) is 10.7. The summed E-state index contributed by atoms with van der Waals surface area (Å²) < 4.78 is 1.81. The summed E-state index contributed by atoms with van der Waals surface area (Å²) in [6.07, 6.45) is 3.88. The third-order valence-electron chi connectivity index (χ3n) is 2.47. The standard InChI is InChI=1S/C12H16N4/c1-9-4-5-11(6-13-9)7-14-12-8-16(3)15-10(12)2/h4-6,8,14H,7H2,1-3H3. The van der Waals surface area contributed by atoms with E-state index in [2.05, 4.69) is 21.5 Å². The van der Waals surface area contributed by atoms with Gasteiger partial charge in [-0.3, -0.25) is 9.67 Å². The van der Waals surface area contributed by atoms with E-state index >= 15 is 0 Å². The van der Waals surface area contributed by atoms with Gasteiger partial charge in [0.05, 0.1) is 11.4 Å². The van der Waals surface area contributed by atoms with Gasteiger partial charge in [-0.2, -0.15) is 5.10 Å². The summed E-state index contributed by atoms with van der Waals surface area (Å²) in [6.45, 7) is 4.76. The first-order valence-electron chi connectivity index (χ1n) is 5.31. The van der Waals surface area contributed by atoms with E-state index in [0.717, 1.165) is 23.6 Å². The van der Waals surface area contributed by atoms with Crippen LogP contribution >= 0.6 is 0 Å². The lowest BCUT2D eigenvalue weighted by Crippen LogP contribution is -2.00. The quantitative estimate of drug-likeness (QED) is 0.853. The summed E-state index contributed by atoms with van der Waals surface area (Å²) in [5, 5.41) is 7.62. The second kappa shape index (κ2) is 4.35. The van der Waals surface area contributed by atoms with E-state index in [1.54, 1.807) is 0 Å². The van der Waals surface area contributed by atoms with Gasteiger partial charge in [-0.15, -0.1) is 0 Å². The Kier molecular flexibility index (Phi) is 2.90. The molecule has 0 aromatic carbocycles. The van der Waals surface area contributed by atoms with Crippen molar-refractivity contribution in [3.8, 4) is 0 Å². The van der Waals surface area contributed by atoms with E-state index in [4.69, 9.17) is 0 Å². The zero-order valence-electron chi connectivity index (χ0n) is 9.86. The maximum atomic E-state index is 4.28. The number of aromatic nitrogens is 3. The highest BCUT2D eigenvalue weighted by molar-refractivity contribution is 5.45. The van der Waals surface area contributed by atoms with Crippen LogP contribution in [0.25, 0.3) is 0 Å². The number of nitrogens with zero attached hydrogens (tertiary/aromatic N) is 3. The second-order valence-electron chi connectivity index (χ2n) is 3.96. The third-order valence-corrected chi connectivity index (χ3v) is 2.47. The molecule has 1 N–H and O–H groups in total. The van der Waals surface area contributed by atoms with Gasteiger partial charge in [0.25, 0.3) is 0 Å². The molecule has 0 bridgehead atoms. The molecule has 2 rings (SSSR count). The molecule has 16 heavy (non-hydrogen) atoms. The molecule has 84 valence electrons. The molecule has 0 saturated heterocycles. The average Bonchev–Trinajstić information content (AvgIpc) is 2.57. The maximum Gasteiger partial charge on any atom is 0.0825 e. The fraction of sp³-hybridized carbons (Fsp3) is 0.333. The molecule has 0 radical (unpaired) electrons. The van der Waals surface area contributed by atoms with E-state index < -0.39 is 0 Å². The number of rotatable bonds is 3. The SMILES string of the molecule is Cc1ccc(CNc2cn(C)nc2C)cn1. The van der Waals surface area contributed by atoms with E-state index in [9.17, 15) is 0 Å². The summed E-state index contributed by atoms with van der Waals surface area (Å²) in [6, 6.07) is 4.11. The Morgan fingerprint density at radius 2 is 2.12 bits per heavy atom. The van der Waals surface area contributed by atoms with Gasteiger partial charge in [-0.25, -0.2) is 0 Å². The van der Waals surface area contributed by atoms with E-state index in [1.807, 2.05) is 44.0 Å². The maximum absolute atomic E-state index is 4.28. The van der Waals surface area contributed by atoms with Crippen molar-refractivity contribution in [1.29, 1.82) is 0 Å². The number of pyridine rings is 1. The van der Waals surface area contributed by atoms with Gasteiger partial charge in [0.1, 0.15) is 0 Å². The highest BCUT2D eigenvalue weighted by atomic mass is 15.3. The number of anilines is 1. The van der Waals surface area contributed by atoms with Gasteiger partial charge < -0.3 is 5.32 Å². The molecule has 0 amide bonds. The minimum absolute atomic E-state index is 0.778. The van der Waals surface area contributed by atoms with Crippen LogP contribution in [0, 0.1) is 13.8 Å². The molecule has 2 aromatic heterocycles. The molecule has 0 atom stereocenters. The minimum atomic E-state index is 0.778. The van der Waals surface area contributed by atoms with Gasteiger partial charge in [0.2, 0.25) is 0 Å². The molecule has 0 spiro atoms. The predicted octanol–water partition coefficient (Wildman–Crippen LogP) is 2.04. The Balaban J connectivity index is 2.02. The zero-order valence-corrected chi connectivity index (χ0v) is 9.86. The van der Waals surface area contributed by atoms with Crippen LogP contribution in [0.3, 0.4) is 0 Å². The van der Waals surface area contributed by atoms with Crippen LogP contribution in [0.5, 0.6) is 0 Å². The highest BCUT2D eigenvalue weighted by Crippen LogP contribution is 2.12. The fourth-order valence-electron chi connectivity index (χ4n) is 1.57. The number of hydrogen-bond donors (Lipinski definition) is 1. The molecule has 0 aliphatic carbocycles. The molecule has 0 saturated carbocycles. The topological polar surface area (TPSA) is 42.7 Å². The van der Waals surface area contributed by atoms with Crippen molar-refractivity contribution in [2.45, 2.75) is 20.4 Å². The van der Waals surface area contributed by atoms with Crippen molar-refractivity contribution in [3.63, 3.8) is 0 Å². The third kappa shape index (κ3) is 2.39. The summed E-state index contributed by atoms with van der Waals surface area (Å²) in [5.41, 5.74) is 4.31. The Morgan fingerprint density at radius 1 is 1.31 bits per heavy atom. The van der Waals surface area contributed by atoms with E-state index in [-0.39, 0.29) is 0 Å². The molecule has 2 aromatic rings. The molecule has 4 heteroatoms. The number of nitrogens with one attached hydrogen (secondary N) is 1. The Morgan fingerprint density at radius 3 is 2.69 bits per heavy atom. The normalized spacial score (nSPS) is 10.4. The van der Waals surface area contributed by atoms with Crippen LogP contribution in [-0.4, -0.2) is 14.8 Å². The first-order valence-corrected chi connectivity index (χ1v) is 5.31. The van der Waals surface area contributed by atoms with Crippen LogP contribution in [0.1, 0.15) is 17.0 Å². The van der Waals surface area contributed by atoms with Crippen LogP contribution in [-0.2, 0) is 13.6 Å². The molecular formula is C12H16N4. The summed E-state index contributed by atoms with van der Waals surface area (Å²) >= 11 is 0. The average molecular weight is 216 g/mol. The summed E-state index contributed by atoms with van der Waals surface area (Å²) in [7, 11) is 1.92. The lowest BCUT2D eigenvalue weighted by atomic mass is 10.2. The Labute approximate surface area is 95.3 Å². The van der Waals surface area contributed by atoms with Crippen LogP contribution in [0.4, 0.5) is 5.69 Å². The van der Waals surface area contributed by atoms with Gasteiger partial charge in [0.15, 0.2) is 0 Å². The van der Waals surface area contributed by atoms with Crippen LogP contribution < -0.4 is 5.32 Å². The molecule has 0 unspecified atom stereocenters. The monoisotopic (exact) mass is 216 g/mol. The van der Waals surface area contributed by atoms with E-state index in [1.165, 1.54) is 5.56 Å². The Hall–Kier alpha value is -1.84. The molecule has 4 nitrogen and oxygen atoms in total. The van der Waals surface area contributed by atoms with Crippen molar-refractivity contribution < 1.29 is 0 Å². The van der Waals surface area contributed by atoms with Crippen molar-refractivity contribution in [2.75, 3.05) is 5.32 Å². The van der Waals surface area contributed by atoms with Crippen molar-refractivity contribution in [3.05, 3.63) is 41.5 Å². The van der Waals surface area contributed by atoms with Gasteiger partial charge in [-0.1, -0.05) is 6.07 Å². The summed E-state index contributed by atoms with van der Waals surface area (Å²) in [4.78, 5) is 4.26. The minimum Gasteiger partial charge on any atom is -0.378 e. The number of aryl methyl sites for hydroxylation is 3. The molecule has 0 aliphatic heterocycles.